The molecule has 1 aliphatic carbocycles. The zero-order chi connectivity index (χ0) is 29.3. The summed E-state index contributed by atoms with van der Waals surface area (Å²) in [6, 6.07) is 12.6. The summed E-state index contributed by atoms with van der Waals surface area (Å²) in [6.45, 7) is 4.95. The summed E-state index contributed by atoms with van der Waals surface area (Å²) in [5.74, 6) is -0.0853. The number of nitrogens with one attached hydrogen (secondary N) is 2. The van der Waals surface area contributed by atoms with Gasteiger partial charge in [0.25, 0.3) is 5.91 Å². The first-order valence-electron chi connectivity index (χ1n) is 15.4. The molecule has 2 aromatic carbocycles. The highest BCUT2D eigenvalue weighted by atomic mass is 19.1. The van der Waals surface area contributed by atoms with Crippen LogP contribution >= 0.6 is 0 Å². The minimum absolute atomic E-state index is 0.0253. The number of piperidine rings is 3. The van der Waals surface area contributed by atoms with Crippen molar-refractivity contribution in [3.8, 4) is 5.75 Å². The maximum Gasteiger partial charge on any atom is 0.251 e. The van der Waals surface area contributed by atoms with Crippen molar-refractivity contribution in [1.29, 1.82) is 0 Å². The topological polar surface area (TPSA) is 91.0 Å². The summed E-state index contributed by atoms with van der Waals surface area (Å²) in [4.78, 5) is 41.0. The van der Waals surface area contributed by atoms with Gasteiger partial charge in [0.2, 0.25) is 11.8 Å². The van der Waals surface area contributed by atoms with Gasteiger partial charge in [-0.25, -0.2) is 4.39 Å². The number of ether oxygens (including phenoxy) is 1. The second-order valence-corrected chi connectivity index (χ2v) is 12.8. The van der Waals surface area contributed by atoms with Gasteiger partial charge in [0, 0.05) is 37.7 Å². The van der Waals surface area contributed by atoms with Gasteiger partial charge in [-0.1, -0.05) is 12.1 Å². The molecule has 0 bridgehead atoms. The fraction of sp³-hybridized carbons (Fsp3) is 0.545. The number of amides is 3. The third-order valence-corrected chi connectivity index (χ3v) is 10.0. The molecule has 2 aromatic rings. The quantitative estimate of drug-likeness (QED) is 0.479. The number of benzene rings is 2. The standard InChI is InChI=1S/C33H41FN4O4/c1-42-26-4-2-3-24(17-26)31(40)35-25-19-33(20-25)11-15-37(16-12-33)21-22-9-13-38(14-10-22)29-7-5-23(18-28(29)34)27-6-8-30(39)36-32(27)41/h2-5,7,17-18,22,25,27H,6,8-16,19-21H2,1H3,(H,35,40)(H,36,39,41). The molecule has 3 aliphatic heterocycles. The number of nitrogens with zero attached hydrogens (tertiary/aromatic N) is 2. The second-order valence-electron chi connectivity index (χ2n) is 12.8. The van der Waals surface area contributed by atoms with E-state index in [1.807, 2.05) is 24.3 Å². The Morgan fingerprint density at radius 3 is 2.50 bits per heavy atom. The van der Waals surface area contributed by atoms with Gasteiger partial charge in [0.15, 0.2) is 0 Å². The Kier molecular flexibility index (Phi) is 8.21. The first-order chi connectivity index (χ1) is 20.3. The van der Waals surface area contributed by atoms with Crippen LogP contribution in [0.4, 0.5) is 10.1 Å². The molecule has 2 N–H and O–H groups in total. The molecule has 0 aromatic heterocycles. The zero-order valence-corrected chi connectivity index (χ0v) is 24.4. The molecule has 0 radical (unpaired) electrons. The molecule has 1 atom stereocenters. The van der Waals surface area contributed by atoms with Crippen LogP contribution in [-0.2, 0) is 9.59 Å². The van der Waals surface area contributed by atoms with Crippen molar-refractivity contribution in [2.45, 2.75) is 63.3 Å². The highest BCUT2D eigenvalue weighted by Crippen LogP contribution is 2.49. The first-order valence-corrected chi connectivity index (χ1v) is 15.4. The monoisotopic (exact) mass is 576 g/mol. The van der Waals surface area contributed by atoms with Gasteiger partial charge >= 0.3 is 0 Å². The van der Waals surface area contributed by atoms with Crippen LogP contribution < -0.4 is 20.3 Å². The highest BCUT2D eigenvalue weighted by Gasteiger charge is 2.46. The van der Waals surface area contributed by atoms with Crippen molar-refractivity contribution in [1.82, 2.24) is 15.5 Å². The molecule has 8 nitrogen and oxygen atoms in total. The molecule has 1 saturated carbocycles. The third-order valence-electron chi connectivity index (χ3n) is 10.0. The molecule has 1 spiro atoms. The number of methoxy groups -OCH3 is 1. The van der Waals surface area contributed by atoms with E-state index < -0.39 is 5.92 Å². The van der Waals surface area contributed by atoms with E-state index in [4.69, 9.17) is 4.74 Å². The van der Waals surface area contributed by atoms with Crippen LogP contribution in [0.2, 0.25) is 0 Å². The summed E-state index contributed by atoms with van der Waals surface area (Å²) < 4.78 is 20.4. The minimum atomic E-state index is -0.468. The smallest absolute Gasteiger partial charge is 0.251 e. The normalized spacial score (nSPS) is 23.4. The predicted molar refractivity (Wildman–Crippen MR) is 158 cm³/mol. The maximum atomic E-state index is 15.1. The first kappa shape index (κ1) is 28.6. The molecular weight excluding hydrogens is 535 g/mol. The van der Waals surface area contributed by atoms with Gasteiger partial charge in [0.05, 0.1) is 18.7 Å². The SMILES string of the molecule is COc1cccc(C(=O)NC2CC3(CCN(CC4CCN(c5ccc(C6CCC(=O)NC6=O)cc5F)CC4)CC3)C2)c1. The van der Waals surface area contributed by atoms with E-state index in [0.29, 0.717) is 40.3 Å². The molecule has 4 fully saturated rings. The third kappa shape index (κ3) is 6.16. The lowest BCUT2D eigenvalue weighted by atomic mass is 9.60. The number of halogens is 1. The Balaban J connectivity index is 0.924. The Hall–Kier alpha value is -3.46. The second kappa shape index (κ2) is 12.0. The van der Waals surface area contributed by atoms with Crippen LogP contribution in [0.3, 0.4) is 0 Å². The average molecular weight is 577 g/mol. The van der Waals surface area contributed by atoms with Crippen LogP contribution in [0.5, 0.6) is 5.75 Å². The number of likely N-dealkylation sites (tertiary alicyclic amines) is 1. The summed E-state index contributed by atoms with van der Waals surface area (Å²) in [5.41, 5.74) is 2.24. The zero-order valence-electron chi connectivity index (χ0n) is 24.4. The summed E-state index contributed by atoms with van der Waals surface area (Å²) in [6.07, 6.45) is 7.27. The van der Waals surface area contributed by atoms with Crippen molar-refractivity contribution >= 4 is 23.4 Å². The average Bonchev–Trinajstić information content (AvgIpc) is 2.98. The van der Waals surface area contributed by atoms with Crippen molar-refractivity contribution in [3.63, 3.8) is 0 Å². The number of rotatable bonds is 7. The van der Waals surface area contributed by atoms with E-state index in [0.717, 1.165) is 58.4 Å². The van der Waals surface area contributed by atoms with Gasteiger partial charge < -0.3 is 19.9 Å². The summed E-state index contributed by atoms with van der Waals surface area (Å²) >= 11 is 0. The molecule has 6 rings (SSSR count). The number of carbonyl (C=O) groups is 3. The molecule has 224 valence electrons. The highest BCUT2D eigenvalue weighted by molar-refractivity contribution is 6.01. The fourth-order valence-electron chi connectivity index (χ4n) is 7.47. The Morgan fingerprint density at radius 2 is 1.81 bits per heavy atom. The van der Waals surface area contributed by atoms with Crippen molar-refractivity contribution in [2.75, 3.05) is 44.7 Å². The Labute approximate surface area is 247 Å². The molecule has 3 heterocycles. The minimum Gasteiger partial charge on any atom is -0.497 e. The number of anilines is 1. The van der Waals surface area contributed by atoms with Crippen LogP contribution in [0, 0.1) is 17.2 Å². The van der Waals surface area contributed by atoms with E-state index in [2.05, 4.69) is 20.4 Å². The van der Waals surface area contributed by atoms with E-state index in [1.165, 1.54) is 18.9 Å². The molecule has 9 heteroatoms. The number of imide groups is 1. The van der Waals surface area contributed by atoms with Crippen LogP contribution in [-0.4, -0.2) is 68.5 Å². The number of hydrogen-bond acceptors (Lipinski definition) is 6. The Morgan fingerprint density at radius 1 is 1.05 bits per heavy atom. The van der Waals surface area contributed by atoms with Gasteiger partial charge in [-0.15, -0.1) is 0 Å². The molecule has 3 saturated heterocycles. The maximum absolute atomic E-state index is 15.1. The summed E-state index contributed by atoms with van der Waals surface area (Å²) in [5, 5.41) is 5.57. The number of carbonyl (C=O) groups excluding carboxylic acids is 3. The van der Waals surface area contributed by atoms with E-state index >= 15 is 4.39 Å². The summed E-state index contributed by atoms with van der Waals surface area (Å²) in [7, 11) is 1.61. The van der Waals surface area contributed by atoms with Crippen molar-refractivity contribution in [3.05, 3.63) is 59.4 Å². The van der Waals surface area contributed by atoms with E-state index in [-0.39, 0.29) is 36.0 Å². The van der Waals surface area contributed by atoms with Gasteiger partial charge in [-0.2, -0.15) is 0 Å². The van der Waals surface area contributed by atoms with Gasteiger partial charge in [-0.3, -0.25) is 19.7 Å². The lowest BCUT2D eigenvalue weighted by Crippen LogP contribution is -2.55. The van der Waals surface area contributed by atoms with Crippen LogP contribution in [0.1, 0.15) is 73.2 Å². The van der Waals surface area contributed by atoms with Gasteiger partial charge in [-0.05, 0) is 105 Å². The van der Waals surface area contributed by atoms with Crippen molar-refractivity contribution < 1.29 is 23.5 Å². The van der Waals surface area contributed by atoms with Crippen LogP contribution in [0.25, 0.3) is 0 Å². The van der Waals surface area contributed by atoms with Crippen molar-refractivity contribution in [2.24, 2.45) is 11.3 Å². The lowest BCUT2D eigenvalue weighted by Gasteiger charge is -2.52. The number of hydrogen-bond donors (Lipinski definition) is 2. The largest absolute Gasteiger partial charge is 0.497 e. The molecule has 4 aliphatic rings. The lowest BCUT2D eigenvalue weighted by molar-refractivity contribution is -0.134. The predicted octanol–water partition coefficient (Wildman–Crippen LogP) is 4.25. The van der Waals surface area contributed by atoms with E-state index in [9.17, 15) is 14.4 Å². The molecular formula is C33H41FN4O4. The van der Waals surface area contributed by atoms with Gasteiger partial charge in [0.1, 0.15) is 11.6 Å². The molecule has 1 unspecified atom stereocenters. The Bertz CT molecular complexity index is 1330. The van der Waals surface area contributed by atoms with Crippen LogP contribution in [0.15, 0.2) is 42.5 Å². The fourth-order valence-corrected chi connectivity index (χ4v) is 7.47. The molecule has 42 heavy (non-hydrogen) atoms. The van der Waals surface area contributed by atoms with E-state index in [1.54, 1.807) is 19.2 Å². The molecule has 3 amide bonds.